The highest BCUT2D eigenvalue weighted by molar-refractivity contribution is 5.91. The summed E-state index contributed by atoms with van der Waals surface area (Å²) in [5.41, 5.74) is 3.36. The lowest BCUT2D eigenvalue weighted by atomic mass is 10.1. The van der Waals surface area contributed by atoms with E-state index < -0.39 is 0 Å². The Morgan fingerprint density at radius 3 is 2.48 bits per heavy atom. The average Bonchev–Trinajstić information content (AvgIpc) is 2.57. The van der Waals surface area contributed by atoms with Crippen LogP contribution in [0.4, 0.5) is 11.4 Å². The Morgan fingerprint density at radius 1 is 1.13 bits per heavy atom. The van der Waals surface area contributed by atoms with E-state index in [9.17, 15) is 4.79 Å². The van der Waals surface area contributed by atoms with E-state index in [-0.39, 0.29) is 5.91 Å². The molecule has 0 unspecified atom stereocenters. The number of likely N-dealkylation sites (N-methyl/N-ethyl adjacent to an activating group) is 1. The summed E-state index contributed by atoms with van der Waals surface area (Å²) in [6, 6.07) is 6.38. The fourth-order valence-corrected chi connectivity index (χ4v) is 3.06. The van der Waals surface area contributed by atoms with Crippen LogP contribution in [0.5, 0.6) is 0 Å². The molecule has 0 aliphatic carbocycles. The van der Waals surface area contributed by atoms with Gasteiger partial charge in [0.2, 0.25) is 5.91 Å². The molecule has 0 saturated carbocycles. The monoisotopic (exact) mass is 317 g/mol. The van der Waals surface area contributed by atoms with Crippen LogP contribution < -0.4 is 10.2 Å². The molecular weight excluding hydrogens is 286 g/mol. The first-order valence-electron chi connectivity index (χ1n) is 9.01. The van der Waals surface area contributed by atoms with Crippen molar-refractivity contribution in [1.82, 2.24) is 4.90 Å². The highest BCUT2D eigenvalue weighted by atomic mass is 16.1. The van der Waals surface area contributed by atoms with E-state index in [1.54, 1.807) is 0 Å². The number of carbonyl (C=O) groups is 1. The molecule has 1 aromatic carbocycles. The lowest BCUT2D eigenvalue weighted by molar-refractivity contribution is -0.116. The molecule has 1 fully saturated rings. The number of rotatable bonds is 7. The van der Waals surface area contributed by atoms with Gasteiger partial charge in [0.05, 0.1) is 0 Å². The third-order valence-corrected chi connectivity index (χ3v) is 4.68. The van der Waals surface area contributed by atoms with Gasteiger partial charge in [-0.05, 0) is 43.7 Å². The molecular formula is C19H31N3O. The van der Waals surface area contributed by atoms with Gasteiger partial charge < -0.3 is 15.1 Å². The van der Waals surface area contributed by atoms with Crippen LogP contribution >= 0.6 is 0 Å². The van der Waals surface area contributed by atoms with Crippen LogP contribution in [0.2, 0.25) is 0 Å². The standard InChI is InChI=1S/C19H31N3O/c1-4-6-7-8-19(23)20-18-10-9-17(15-16(18)3)22-13-11-21(5-2)12-14-22/h9-10,15H,4-8,11-14H2,1-3H3,(H,20,23). The Morgan fingerprint density at radius 2 is 1.87 bits per heavy atom. The van der Waals surface area contributed by atoms with Crippen molar-refractivity contribution in [3.63, 3.8) is 0 Å². The van der Waals surface area contributed by atoms with Crippen LogP contribution in [0.15, 0.2) is 18.2 Å². The molecule has 0 aromatic heterocycles. The molecule has 1 heterocycles. The highest BCUT2D eigenvalue weighted by Crippen LogP contribution is 2.24. The molecule has 23 heavy (non-hydrogen) atoms. The summed E-state index contributed by atoms with van der Waals surface area (Å²) in [6.45, 7) is 12.0. The third-order valence-electron chi connectivity index (χ3n) is 4.68. The van der Waals surface area contributed by atoms with Gasteiger partial charge in [-0.1, -0.05) is 26.7 Å². The summed E-state index contributed by atoms with van der Waals surface area (Å²) >= 11 is 0. The third kappa shape index (κ3) is 5.24. The summed E-state index contributed by atoms with van der Waals surface area (Å²) in [7, 11) is 0. The Bertz CT molecular complexity index is 507. The SMILES string of the molecule is CCCCCC(=O)Nc1ccc(N2CCN(CC)CC2)cc1C. The average molecular weight is 317 g/mol. The maximum Gasteiger partial charge on any atom is 0.224 e. The number of amides is 1. The van der Waals surface area contributed by atoms with Crippen molar-refractivity contribution < 1.29 is 4.79 Å². The Balaban J connectivity index is 1.91. The van der Waals surface area contributed by atoms with Gasteiger partial charge >= 0.3 is 0 Å². The minimum Gasteiger partial charge on any atom is -0.369 e. The zero-order valence-electron chi connectivity index (χ0n) is 14.9. The normalized spacial score (nSPS) is 15.7. The van der Waals surface area contributed by atoms with Gasteiger partial charge in [-0.25, -0.2) is 0 Å². The number of carbonyl (C=O) groups excluding carboxylic acids is 1. The number of hydrogen-bond acceptors (Lipinski definition) is 3. The molecule has 128 valence electrons. The molecule has 4 nitrogen and oxygen atoms in total. The van der Waals surface area contributed by atoms with Crippen molar-refractivity contribution in [2.24, 2.45) is 0 Å². The number of benzene rings is 1. The maximum absolute atomic E-state index is 12.0. The number of aryl methyl sites for hydroxylation is 1. The first kappa shape index (κ1) is 17.8. The topological polar surface area (TPSA) is 35.6 Å². The van der Waals surface area contributed by atoms with Gasteiger partial charge in [-0.3, -0.25) is 4.79 Å². The van der Waals surface area contributed by atoms with Crippen molar-refractivity contribution in [2.45, 2.75) is 46.5 Å². The first-order chi connectivity index (χ1) is 11.1. The Labute approximate surface area is 140 Å². The van der Waals surface area contributed by atoms with Crippen molar-refractivity contribution in [2.75, 3.05) is 42.9 Å². The van der Waals surface area contributed by atoms with Crippen LogP contribution in [-0.2, 0) is 4.79 Å². The van der Waals surface area contributed by atoms with Gasteiger partial charge in [0.25, 0.3) is 0 Å². The van der Waals surface area contributed by atoms with Crippen LogP contribution in [0.1, 0.15) is 45.1 Å². The van der Waals surface area contributed by atoms with Crippen molar-refractivity contribution in [3.8, 4) is 0 Å². The largest absolute Gasteiger partial charge is 0.369 e. The zero-order chi connectivity index (χ0) is 16.7. The van der Waals surface area contributed by atoms with E-state index >= 15 is 0 Å². The second-order valence-electron chi connectivity index (χ2n) is 6.43. The molecule has 1 aliphatic rings. The molecule has 1 aliphatic heterocycles. The van der Waals surface area contributed by atoms with E-state index in [0.29, 0.717) is 6.42 Å². The van der Waals surface area contributed by atoms with E-state index in [1.165, 1.54) is 5.69 Å². The van der Waals surface area contributed by atoms with Crippen LogP contribution in [-0.4, -0.2) is 43.5 Å². The fourth-order valence-electron chi connectivity index (χ4n) is 3.06. The number of nitrogens with zero attached hydrogens (tertiary/aromatic N) is 2. The zero-order valence-corrected chi connectivity index (χ0v) is 14.9. The first-order valence-corrected chi connectivity index (χ1v) is 9.01. The fraction of sp³-hybridized carbons (Fsp3) is 0.632. The van der Waals surface area contributed by atoms with E-state index in [2.05, 4.69) is 54.1 Å². The summed E-state index contributed by atoms with van der Waals surface area (Å²) in [5, 5.41) is 3.05. The second kappa shape index (κ2) is 8.92. The van der Waals surface area contributed by atoms with Crippen molar-refractivity contribution in [3.05, 3.63) is 23.8 Å². The lowest BCUT2D eigenvalue weighted by Crippen LogP contribution is -2.46. The molecule has 1 amide bonds. The maximum atomic E-state index is 12.0. The molecule has 1 aromatic rings. The minimum atomic E-state index is 0.130. The molecule has 0 radical (unpaired) electrons. The Hall–Kier alpha value is -1.55. The van der Waals surface area contributed by atoms with E-state index in [4.69, 9.17) is 0 Å². The lowest BCUT2D eigenvalue weighted by Gasteiger charge is -2.35. The van der Waals surface area contributed by atoms with Gasteiger partial charge in [-0.2, -0.15) is 0 Å². The van der Waals surface area contributed by atoms with Crippen LogP contribution in [0.25, 0.3) is 0 Å². The van der Waals surface area contributed by atoms with Gasteiger partial charge in [0.15, 0.2) is 0 Å². The second-order valence-corrected chi connectivity index (χ2v) is 6.43. The Kier molecular flexibility index (Phi) is 6.90. The number of unbranched alkanes of at least 4 members (excludes halogenated alkanes) is 2. The van der Waals surface area contributed by atoms with Gasteiger partial charge in [-0.15, -0.1) is 0 Å². The quantitative estimate of drug-likeness (QED) is 0.780. The molecule has 1 N–H and O–H groups in total. The minimum absolute atomic E-state index is 0.130. The van der Waals surface area contributed by atoms with Crippen molar-refractivity contribution >= 4 is 17.3 Å². The molecule has 0 bridgehead atoms. The summed E-state index contributed by atoms with van der Waals surface area (Å²) in [4.78, 5) is 16.9. The van der Waals surface area contributed by atoms with Gasteiger partial charge in [0, 0.05) is 44.0 Å². The summed E-state index contributed by atoms with van der Waals surface area (Å²) in [6.07, 6.45) is 3.86. The number of piperazine rings is 1. The van der Waals surface area contributed by atoms with E-state index in [0.717, 1.165) is 63.2 Å². The number of nitrogens with one attached hydrogen (secondary N) is 1. The van der Waals surface area contributed by atoms with E-state index in [1.807, 2.05) is 0 Å². The summed E-state index contributed by atoms with van der Waals surface area (Å²) < 4.78 is 0. The predicted octanol–water partition coefficient (Wildman–Crippen LogP) is 3.66. The van der Waals surface area contributed by atoms with Gasteiger partial charge in [0.1, 0.15) is 0 Å². The van der Waals surface area contributed by atoms with Crippen LogP contribution in [0, 0.1) is 6.92 Å². The predicted molar refractivity (Wildman–Crippen MR) is 98.3 cm³/mol. The molecule has 4 heteroatoms. The summed E-state index contributed by atoms with van der Waals surface area (Å²) in [5.74, 6) is 0.130. The smallest absolute Gasteiger partial charge is 0.224 e. The molecule has 1 saturated heterocycles. The number of anilines is 2. The highest BCUT2D eigenvalue weighted by Gasteiger charge is 2.16. The molecule has 2 rings (SSSR count). The van der Waals surface area contributed by atoms with Crippen molar-refractivity contribution in [1.29, 1.82) is 0 Å². The van der Waals surface area contributed by atoms with Crippen LogP contribution in [0.3, 0.4) is 0 Å². The molecule has 0 atom stereocenters. The molecule has 0 spiro atoms. The number of hydrogen-bond donors (Lipinski definition) is 1.